The first-order valence-electron chi connectivity index (χ1n) is 7.28. The SMILES string of the molecule is Cc1ccccc1CCC(=O)N(CCC(=O)O)C(C)(C)C. The van der Waals surface area contributed by atoms with Crippen molar-refractivity contribution in [2.24, 2.45) is 0 Å². The minimum atomic E-state index is -0.879. The van der Waals surface area contributed by atoms with Gasteiger partial charge in [-0.25, -0.2) is 0 Å². The van der Waals surface area contributed by atoms with Gasteiger partial charge in [-0.2, -0.15) is 0 Å². The number of carbonyl (C=O) groups excluding carboxylic acids is 1. The van der Waals surface area contributed by atoms with Crippen LogP contribution < -0.4 is 0 Å². The molecule has 0 saturated carbocycles. The maximum absolute atomic E-state index is 12.4. The Morgan fingerprint density at radius 1 is 1.14 bits per heavy atom. The van der Waals surface area contributed by atoms with Crippen LogP contribution in [0.4, 0.5) is 0 Å². The Bertz CT molecular complexity index is 503. The van der Waals surface area contributed by atoms with E-state index >= 15 is 0 Å². The number of carbonyl (C=O) groups is 2. The summed E-state index contributed by atoms with van der Waals surface area (Å²) in [5, 5.41) is 8.82. The lowest BCUT2D eigenvalue weighted by molar-refractivity contribution is -0.140. The zero-order valence-corrected chi connectivity index (χ0v) is 13.3. The third-order valence-corrected chi connectivity index (χ3v) is 3.53. The fourth-order valence-electron chi connectivity index (χ4n) is 2.31. The summed E-state index contributed by atoms with van der Waals surface area (Å²) in [6, 6.07) is 8.01. The molecule has 1 rings (SSSR count). The summed E-state index contributed by atoms with van der Waals surface area (Å²) in [5.41, 5.74) is 1.98. The van der Waals surface area contributed by atoms with Crippen molar-refractivity contribution in [1.29, 1.82) is 0 Å². The summed E-state index contributed by atoms with van der Waals surface area (Å²) in [6.07, 6.45) is 1.07. The van der Waals surface area contributed by atoms with Crippen molar-refractivity contribution in [3.63, 3.8) is 0 Å². The van der Waals surface area contributed by atoms with Crippen LogP contribution >= 0.6 is 0 Å². The molecule has 0 unspecified atom stereocenters. The zero-order chi connectivity index (χ0) is 16.0. The third kappa shape index (κ3) is 5.58. The molecule has 4 nitrogen and oxygen atoms in total. The van der Waals surface area contributed by atoms with Crippen molar-refractivity contribution in [3.05, 3.63) is 35.4 Å². The average Bonchev–Trinajstić information content (AvgIpc) is 2.36. The molecule has 0 aliphatic rings. The molecule has 0 aromatic heterocycles. The number of carboxylic acid groups (broad SMARTS) is 1. The summed E-state index contributed by atoms with van der Waals surface area (Å²) in [7, 11) is 0. The van der Waals surface area contributed by atoms with Gasteiger partial charge in [-0.15, -0.1) is 0 Å². The molecule has 116 valence electrons. The molecule has 1 aromatic rings. The number of hydrogen-bond acceptors (Lipinski definition) is 2. The Morgan fingerprint density at radius 3 is 2.29 bits per heavy atom. The van der Waals surface area contributed by atoms with Gasteiger partial charge in [0.1, 0.15) is 0 Å². The fraction of sp³-hybridized carbons (Fsp3) is 0.529. The van der Waals surface area contributed by atoms with Crippen molar-refractivity contribution >= 4 is 11.9 Å². The monoisotopic (exact) mass is 291 g/mol. The second-order valence-corrected chi connectivity index (χ2v) is 6.29. The predicted octanol–water partition coefficient (Wildman–Crippen LogP) is 3.03. The molecule has 21 heavy (non-hydrogen) atoms. The first-order chi connectivity index (χ1) is 9.71. The first kappa shape index (κ1) is 17.2. The van der Waals surface area contributed by atoms with Gasteiger partial charge in [0.25, 0.3) is 0 Å². The summed E-state index contributed by atoms with van der Waals surface area (Å²) in [5.74, 6) is -0.872. The molecule has 0 radical (unpaired) electrons. The van der Waals surface area contributed by atoms with Gasteiger partial charge >= 0.3 is 5.97 Å². The molecule has 4 heteroatoms. The Labute approximate surface area is 126 Å². The van der Waals surface area contributed by atoms with E-state index in [1.165, 1.54) is 5.56 Å². The van der Waals surface area contributed by atoms with Gasteiger partial charge in [0, 0.05) is 18.5 Å². The van der Waals surface area contributed by atoms with Gasteiger partial charge in [0.05, 0.1) is 6.42 Å². The lowest BCUT2D eigenvalue weighted by Crippen LogP contribution is -2.46. The predicted molar refractivity (Wildman–Crippen MR) is 83.2 cm³/mol. The number of aliphatic carboxylic acids is 1. The molecule has 0 spiro atoms. The van der Waals surface area contributed by atoms with Crippen LogP contribution in [0.3, 0.4) is 0 Å². The quantitative estimate of drug-likeness (QED) is 0.876. The summed E-state index contributed by atoms with van der Waals surface area (Å²) in [4.78, 5) is 24.8. The lowest BCUT2D eigenvalue weighted by Gasteiger charge is -2.35. The maximum Gasteiger partial charge on any atom is 0.305 e. The average molecular weight is 291 g/mol. The van der Waals surface area contributed by atoms with E-state index in [0.717, 1.165) is 5.56 Å². The number of benzene rings is 1. The molecular weight excluding hydrogens is 266 g/mol. The maximum atomic E-state index is 12.4. The van der Waals surface area contributed by atoms with Crippen molar-refractivity contribution in [1.82, 2.24) is 4.90 Å². The first-order valence-corrected chi connectivity index (χ1v) is 7.28. The highest BCUT2D eigenvalue weighted by molar-refractivity contribution is 5.78. The largest absolute Gasteiger partial charge is 0.481 e. The second-order valence-electron chi connectivity index (χ2n) is 6.29. The molecule has 0 fully saturated rings. The number of hydrogen-bond donors (Lipinski definition) is 1. The normalized spacial score (nSPS) is 11.2. The van der Waals surface area contributed by atoms with E-state index in [1.54, 1.807) is 4.90 Å². The highest BCUT2D eigenvalue weighted by atomic mass is 16.4. The van der Waals surface area contributed by atoms with Gasteiger partial charge in [-0.3, -0.25) is 9.59 Å². The minimum absolute atomic E-state index is 0.00648. The van der Waals surface area contributed by atoms with Gasteiger partial charge in [0.2, 0.25) is 5.91 Å². The molecule has 1 aromatic carbocycles. The van der Waals surface area contributed by atoms with Crippen LogP contribution in [0.5, 0.6) is 0 Å². The molecule has 0 aliphatic heterocycles. The number of aryl methyl sites for hydroxylation is 2. The van der Waals surface area contributed by atoms with E-state index in [1.807, 2.05) is 52.0 Å². The Morgan fingerprint density at radius 2 is 1.76 bits per heavy atom. The fourth-order valence-corrected chi connectivity index (χ4v) is 2.31. The van der Waals surface area contributed by atoms with E-state index in [0.29, 0.717) is 12.8 Å². The molecule has 0 aliphatic carbocycles. The van der Waals surface area contributed by atoms with Gasteiger partial charge < -0.3 is 10.0 Å². The Hall–Kier alpha value is -1.84. The Balaban J connectivity index is 2.69. The van der Waals surface area contributed by atoms with Gasteiger partial charge in [-0.1, -0.05) is 24.3 Å². The molecule has 0 bridgehead atoms. The van der Waals surface area contributed by atoms with Crippen LogP contribution in [0.1, 0.15) is 44.7 Å². The van der Waals surface area contributed by atoms with Crippen molar-refractivity contribution < 1.29 is 14.7 Å². The van der Waals surface area contributed by atoms with Crippen molar-refractivity contribution in [2.45, 2.75) is 52.5 Å². The number of nitrogens with zero attached hydrogens (tertiary/aromatic N) is 1. The van der Waals surface area contributed by atoms with Gasteiger partial charge in [-0.05, 0) is 45.2 Å². The molecule has 1 amide bonds. The zero-order valence-electron chi connectivity index (χ0n) is 13.3. The van der Waals surface area contributed by atoms with Crippen LogP contribution in [-0.4, -0.2) is 34.0 Å². The standard InChI is InChI=1S/C17H25NO3/c1-13-7-5-6-8-14(13)9-10-15(19)18(17(2,3)4)12-11-16(20)21/h5-8H,9-12H2,1-4H3,(H,20,21). The number of amides is 1. The number of rotatable bonds is 6. The highest BCUT2D eigenvalue weighted by Crippen LogP contribution is 2.17. The van der Waals surface area contributed by atoms with Crippen LogP contribution in [0.15, 0.2) is 24.3 Å². The third-order valence-electron chi connectivity index (χ3n) is 3.53. The molecule has 0 atom stereocenters. The van der Waals surface area contributed by atoms with Crippen molar-refractivity contribution in [2.75, 3.05) is 6.54 Å². The lowest BCUT2D eigenvalue weighted by atomic mass is 10.0. The van der Waals surface area contributed by atoms with E-state index < -0.39 is 5.97 Å². The second kappa shape index (κ2) is 7.25. The molecular formula is C17H25NO3. The van der Waals surface area contributed by atoms with Crippen LogP contribution in [0, 0.1) is 6.92 Å². The highest BCUT2D eigenvalue weighted by Gasteiger charge is 2.26. The summed E-state index contributed by atoms with van der Waals surface area (Å²) in [6.45, 7) is 8.08. The van der Waals surface area contributed by atoms with E-state index in [-0.39, 0.29) is 24.4 Å². The molecule has 0 saturated heterocycles. The number of carboxylic acids is 1. The molecule has 0 heterocycles. The van der Waals surface area contributed by atoms with Crippen LogP contribution in [0.25, 0.3) is 0 Å². The summed E-state index contributed by atoms with van der Waals surface area (Å²) >= 11 is 0. The molecule has 1 N–H and O–H groups in total. The van der Waals surface area contributed by atoms with Crippen molar-refractivity contribution in [3.8, 4) is 0 Å². The van der Waals surface area contributed by atoms with Crippen LogP contribution in [0.2, 0.25) is 0 Å². The van der Waals surface area contributed by atoms with Crippen LogP contribution in [-0.2, 0) is 16.0 Å². The smallest absolute Gasteiger partial charge is 0.305 e. The summed E-state index contributed by atoms with van der Waals surface area (Å²) < 4.78 is 0. The van der Waals surface area contributed by atoms with E-state index in [4.69, 9.17) is 5.11 Å². The van der Waals surface area contributed by atoms with E-state index in [9.17, 15) is 9.59 Å². The van der Waals surface area contributed by atoms with E-state index in [2.05, 4.69) is 0 Å². The Kier molecular flexibility index (Phi) is 5.94. The minimum Gasteiger partial charge on any atom is -0.481 e. The van der Waals surface area contributed by atoms with Gasteiger partial charge in [0.15, 0.2) is 0 Å². The topological polar surface area (TPSA) is 57.6 Å².